The number of benzene rings is 1. The topological polar surface area (TPSA) is 38.8 Å². The summed E-state index contributed by atoms with van der Waals surface area (Å²) >= 11 is 0. The summed E-state index contributed by atoms with van der Waals surface area (Å²) in [5, 5.41) is 0. The van der Waals surface area contributed by atoms with Crippen LogP contribution in [0.5, 0.6) is 5.75 Å². The van der Waals surface area contributed by atoms with Gasteiger partial charge in [0.05, 0.1) is 13.7 Å². The Morgan fingerprint density at radius 1 is 1.37 bits per heavy atom. The summed E-state index contributed by atoms with van der Waals surface area (Å²) in [5.41, 5.74) is 0.770. The number of alkyl halides is 2. The van der Waals surface area contributed by atoms with E-state index in [0.29, 0.717) is 5.75 Å². The fourth-order valence-electron chi connectivity index (χ4n) is 1.89. The molecule has 4 nitrogen and oxygen atoms in total. The third-order valence-corrected chi connectivity index (χ3v) is 2.85. The molecule has 1 heterocycles. The molecule has 0 unspecified atom stereocenters. The lowest BCUT2D eigenvalue weighted by molar-refractivity contribution is -0.134. The van der Waals surface area contributed by atoms with Crippen LogP contribution in [0.4, 0.5) is 8.78 Å². The van der Waals surface area contributed by atoms with E-state index in [9.17, 15) is 13.6 Å². The number of amides is 1. The quantitative estimate of drug-likeness (QED) is 0.839. The Hall–Kier alpha value is -1.69. The molecular formula is C13H15F2NO3. The summed E-state index contributed by atoms with van der Waals surface area (Å²) in [6.45, 7) is -1.48. The summed E-state index contributed by atoms with van der Waals surface area (Å²) in [7, 11) is 1.55. The van der Waals surface area contributed by atoms with Gasteiger partial charge in [-0.15, -0.1) is 0 Å². The van der Waals surface area contributed by atoms with Gasteiger partial charge in [0.15, 0.2) is 0 Å². The molecule has 1 aromatic rings. The lowest BCUT2D eigenvalue weighted by atomic mass is 10.2. The maximum atomic E-state index is 13.4. The van der Waals surface area contributed by atoms with E-state index in [4.69, 9.17) is 4.74 Å². The Kier molecular flexibility index (Phi) is 3.99. The second-order valence-electron chi connectivity index (χ2n) is 4.45. The van der Waals surface area contributed by atoms with Gasteiger partial charge in [0.1, 0.15) is 19.0 Å². The lowest BCUT2D eigenvalue weighted by Gasteiger charge is -2.23. The first-order chi connectivity index (χ1) is 9.00. The van der Waals surface area contributed by atoms with Gasteiger partial charge in [-0.2, -0.15) is 0 Å². The number of carbonyl (C=O) groups excluding carboxylic acids is 1. The van der Waals surface area contributed by atoms with Crippen LogP contribution in [0.15, 0.2) is 24.3 Å². The highest BCUT2D eigenvalue weighted by Crippen LogP contribution is 2.21. The molecule has 1 aliphatic rings. The van der Waals surface area contributed by atoms with Gasteiger partial charge in [-0.3, -0.25) is 4.79 Å². The molecule has 0 aliphatic carbocycles. The standard InChI is InChI=1S/C13H15F2NO3/c1-18-11-4-2-10(3-5-11)6-16-8-13(14,15)9-19-7-12(16)17/h2-5H,6-9H2,1H3. The van der Waals surface area contributed by atoms with Gasteiger partial charge < -0.3 is 14.4 Å². The number of hydrogen-bond acceptors (Lipinski definition) is 3. The second kappa shape index (κ2) is 5.52. The monoisotopic (exact) mass is 271 g/mol. The maximum absolute atomic E-state index is 13.4. The zero-order valence-electron chi connectivity index (χ0n) is 10.6. The smallest absolute Gasteiger partial charge is 0.288 e. The number of nitrogens with zero attached hydrogens (tertiary/aromatic N) is 1. The summed E-state index contributed by atoms with van der Waals surface area (Å²) in [5.74, 6) is -2.74. The molecule has 1 amide bonds. The van der Waals surface area contributed by atoms with E-state index in [1.54, 1.807) is 31.4 Å². The molecule has 0 radical (unpaired) electrons. The molecule has 19 heavy (non-hydrogen) atoms. The van der Waals surface area contributed by atoms with Crippen LogP contribution >= 0.6 is 0 Å². The van der Waals surface area contributed by atoms with Crippen molar-refractivity contribution >= 4 is 5.91 Å². The van der Waals surface area contributed by atoms with E-state index in [-0.39, 0.29) is 13.2 Å². The Balaban J connectivity index is 2.08. The maximum Gasteiger partial charge on any atom is 0.288 e. The van der Waals surface area contributed by atoms with E-state index in [1.165, 1.54) is 0 Å². The van der Waals surface area contributed by atoms with Crippen molar-refractivity contribution in [2.45, 2.75) is 12.5 Å². The van der Waals surface area contributed by atoms with E-state index in [1.807, 2.05) is 0 Å². The molecule has 0 spiro atoms. The SMILES string of the molecule is COc1ccc(CN2CC(F)(F)COCC2=O)cc1. The van der Waals surface area contributed by atoms with E-state index >= 15 is 0 Å². The number of halogens is 2. The van der Waals surface area contributed by atoms with Crippen LogP contribution in [0.25, 0.3) is 0 Å². The van der Waals surface area contributed by atoms with Gasteiger partial charge >= 0.3 is 0 Å². The zero-order valence-corrected chi connectivity index (χ0v) is 10.6. The highest BCUT2D eigenvalue weighted by molar-refractivity contribution is 5.77. The summed E-state index contributed by atoms with van der Waals surface area (Å²) in [6, 6.07) is 6.95. The van der Waals surface area contributed by atoms with Crippen LogP contribution < -0.4 is 4.74 Å². The molecule has 6 heteroatoms. The Labute approximate surface area is 109 Å². The summed E-state index contributed by atoms with van der Waals surface area (Å²) in [4.78, 5) is 12.8. The molecule has 1 saturated heterocycles. The predicted octanol–water partition coefficient (Wildman–Crippen LogP) is 1.69. The average molecular weight is 271 g/mol. The lowest BCUT2D eigenvalue weighted by Crippen LogP contribution is -2.39. The third kappa shape index (κ3) is 3.64. The Morgan fingerprint density at radius 3 is 2.68 bits per heavy atom. The number of ether oxygens (including phenoxy) is 2. The zero-order chi connectivity index (χ0) is 13.9. The van der Waals surface area contributed by atoms with Gasteiger partial charge in [-0.1, -0.05) is 12.1 Å². The van der Waals surface area contributed by atoms with Gasteiger partial charge in [-0.25, -0.2) is 8.78 Å². The van der Waals surface area contributed by atoms with Crippen LogP contribution in [0.1, 0.15) is 5.56 Å². The number of hydrogen-bond donors (Lipinski definition) is 0. The molecule has 1 aromatic carbocycles. The minimum absolute atomic E-state index is 0.141. The highest BCUT2D eigenvalue weighted by atomic mass is 19.3. The molecule has 0 bridgehead atoms. The first-order valence-corrected chi connectivity index (χ1v) is 5.86. The van der Waals surface area contributed by atoms with Crippen molar-refractivity contribution < 1.29 is 23.0 Å². The highest BCUT2D eigenvalue weighted by Gasteiger charge is 2.37. The molecule has 2 rings (SSSR count). The summed E-state index contributed by atoms with van der Waals surface area (Å²) in [6.07, 6.45) is 0. The van der Waals surface area contributed by atoms with Crippen molar-refractivity contribution in [2.24, 2.45) is 0 Å². The van der Waals surface area contributed by atoms with Crippen molar-refractivity contribution in [3.05, 3.63) is 29.8 Å². The molecule has 104 valence electrons. The van der Waals surface area contributed by atoms with Crippen LogP contribution in [0.3, 0.4) is 0 Å². The average Bonchev–Trinajstić information content (AvgIpc) is 2.49. The number of rotatable bonds is 3. The molecule has 0 N–H and O–H groups in total. The van der Waals surface area contributed by atoms with Crippen LogP contribution in [-0.2, 0) is 16.1 Å². The molecule has 0 aromatic heterocycles. The Bertz CT molecular complexity index is 448. The normalized spacial score (nSPS) is 19.1. The number of carbonyl (C=O) groups is 1. The largest absolute Gasteiger partial charge is 0.497 e. The first kappa shape index (κ1) is 13.7. The van der Waals surface area contributed by atoms with Gasteiger partial charge in [0, 0.05) is 6.54 Å². The second-order valence-corrected chi connectivity index (χ2v) is 4.45. The van der Waals surface area contributed by atoms with E-state index in [0.717, 1.165) is 10.5 Å². The fraction of sp³-hybridized carbons (Fsp3) is 0.462. The van der Waals surface area contributed by atoms with E-state index in [2.05, 4.69) is 4.74 Å². The van der Waals surface area contributed by atoms with Crippen LogP contribution in [0.2, 0.25) is 0 Å². The van der Waals surface area contributed by atoms with Crippen LogP contribution in [-0.4, -0.2) is 43.6 Å². The van der Waals surface area contributed by atoms with Gasteiger partial charge in [0.2, 0.25) is 5.91 Å². The van der Waals surface area contributed by atoms with Crippen molar-refractivity contribution in [1.82, 2.24) is 4.90 Å². The van der Waals surface area contributed by atoms with Crippen LogP contribution in [0, 0.1) is 0 Å². The first-order valence-electron chi connectivity index (χ1n) is 5.86. The molecule has 1 fully saturated rings. The van der Waals surface area contributed by atoms with E-state index < -0.39 is 25.0 Å². The van der Waals surface area contributed by atoms with Crippen molar-refractivity contribution in [2.75, 3.05) is 26.9 Å². The van der Waals surface area contributed by atoms with Gasteiger partial charge in [0.25, 0.3) is 5.92 Å². The van der Waals surface area contributed by atoms with Crippen molar-refractivity contribution in [3.8, 4) is 5.75 Å². The van der Waals surface area contributed by atoms with Crippen molar-refractivity contribution in [3.63, 3.8) is 0 Å². The van der Waals surface area contributed by atoms with Gasteiger partial charge in [-0.05, 0) is 17.7 Å². The fourth-order valence-corrected chi connectivity index (χ4v) is 1.89. The summed E-state index contributed by atoms with van der Waals surface area (Å²) < 4.78 is 36.4. The Morgan fingerprint density at radius 2 is 2.05 bits per heavy atom. The molecule has 1 aliphatic heterocycles. The molecule has 0 atom stereocenters. The predicted molar refractivity (Wildman–Crippen MR) is 64.2 cm³/mol. The number of methoxy groups -OCH3 is 1. The molecule has 0 saturated carbocycles. The van der Waals surface area contributed by atoms with Crippen molar-refractivity contribution in [1.29, 1.82) is 0 Å². The minimum Gasteiger partial charge on any atom is -0.497 e. The minimum atomic E-state index is -3.00. The molecular weight excluding hydrogens is 256 g/mol. The third-order valence-electron chi connectivity index (χ3n) is 2.85.